The molecule has 9 heavy (non-hydrogen) atoms. The smallest absolute Gasteiger partial charge is 0.00301 e. The van der Waals surface area contributed by atoms with Gasteiger partial charge >= 0.3 is 0 Å². The molecule has 0 heterocycles. The van der Waals surface area contributed by atoms with Crippen LogP contribution in [0.5, 0.6) is 0 Å². The van der Waals surface area contributed by atoms with E-state index in [1.165, 1.54) is 19.3 Å². The SMILES string of the molecule is C=CC1(C)C=CCCC1. The lowest BCUT2D eigenvalue weighted by Gasteiger charge is -2.24. The number of hydrogen-bond donors (Lipinski definition) is 0. The molecule has 1 atom stereocenters. The maximum atomic E-state index is 3.80. The van der Waals surface area contributed by atoms with Crippen molar-refractivity contribution in [3.05, 3.63) is 24.8 Å². The summed E-state index contributed by atoms with van der Waals surface area (Å²) in [6, 6.07) is 0. The quantitative estimate of drug-likeness (QED) is 0.469. The van der Waals surface area contributed by atoms with Crippen molar-refractivity contribution in [2.45, 2.75) is 26.2 Å². The maximum Gasteiger partial charge on any atom is 0.00301 e. The molecule has 0 spiro atoms. The molecule has 50 valence electrons. The van der Waals surface area contributed by atoms with Gasteiger partial charge in [-0.15, -0.1) is 6.58 Å². The summed E-state index contributed by atoms with van der Waals surface area (Å²) in [6.45, 7) is 6.04. The van der Waals surface area contributed by atoms with Gasteiger partial charge in [-0.05, 0) is 19.3 Å². The summed E-state index contributed by atoms with van der Waals surface area (Å²) in [5.41, 5.74) is 0.304. The molecule has 0 aliphatic heterocycles. The summed E-state index contributed by atoms with van der Waals surface area (Å²) in [4.78, 5) is 0. The Bertz CT molecular complexity index is 133. The molecule has 1 rings (SSSR count). The minimum atomic E-state index is 0.304. The molecule has 0 amide bonds. The van der Waals surface area contributed by atoms with Crippen molar-refractivity contribution >= 4 is 0 Å². The number of hydrogen-bond acceptors (Lipinski definition) is 0. The highest BCUT2D eigenvalue weighted by Crippen LogP contribution is 2.30. The molecule has 0 radical (unpaired) electrons. The lowest BCUT2D eigenvalue weighted by atomic mass is 9.81. The second kappa shape index (κ2) is 2.38. The van der Waals surface area contributed by atoms with Crippen molar-refractivity contribution in [2.75, 3.05) is 0 Å². The van der Waals surface area contributed by atoms with Gasteiger partial charge in [0.1, 0.15) is 0 Å². The first-order valence-corrected chi connectivity index (χ1v) is 3.58. The van der Waals surface area contributed by atoms with Gasteiger partial charge in [0.25, 0.3) is 0 Å². The van der Waals surface area contributed by atoms with Crippen LogP contribution in [0.1, 0.15) is 26.2 Å². The Kier molecular flexibility index (Phi) is 1.75. The van der Waals surface area contributed by atoms with E-state index in [9.17, 15) is 0 Å². The minimum absolute atomic E-state index is 0.304. The van der Waals surface area contributed by atoms with Crippen molar-refractivity contribution in [2.24, 2.45) is 5.41 Å². The lowest BCUT2D eigenvalue weighted by molar-refractivity contribution is 0.461. The Hall–Kier alpha value is -0.520. The fourth-order valence-corrected chi connectivity index (χ4v) is 1.21. The molecule has 1 aliphatic rings. The second-order valence-electron chi connectivity index (χ2n) is 3.00. The molecule has 0 heteroatoms. The lowest BCUT2D eigenvalue weighted by Crippen LogP contribution is -2.11. The van der Waals surface area contributed by atoms with Crippen LogP contribution >= 0.6 is 0 Å². The van der Waals surface area contributed by atoms with E-state index in [0.717, 1.165) is 0 Å². The third-order valence-corrected chi connectivity index (χ3v) is 2.05. The molecule has 0 aromatic rings. The van der Waals surface area contributed by atoms with E-state index in [-0.39, 0.29) is 0 Å². The van der Waals surface area contributed by atoms with Crippen LogP contribution in [0, 0.1) is 5.41 Å². The predicted molar refractivity (Wildman–Crippen MR) is 41.3 cm³/mol. The van der Waals surface area contributed by atoms with Gasteiger partial charge in [-0.1, -0.05) is 25.2 Å². The van der Waals surface area contributed by atoms with Crippen LogP contribution in [0.3, 0.4) is 0 Å². The van der Waals surface area contributed by atoms with Gasteiger partial charge in [0.05, 0.1) is 0 Å². The summed E-state index contributed by atoms with van der Waals surface area (Å²) in [5, 5.41) is 0. The predicted octanol–water partition coefficient (Wildman–Crippen LogP) is 2.92. The highest BCUT2D eigenvalue weighted by atomic mass is 14.2. The first-order chi connectivity index (χ1) is 4.27. The normalized spacial score (nSPS) is 34.3. The van der Waals surface area contributed by atoms with E-state index in [1.54, 1.807) is 0 Å². The molecule has 0 nitrogen and oxygen atoms in total. The molecule has 0 fully saturated rings. The summed E-state index contributed by atoms with van der Waals surface area (Å²) < 4.78 is 0. The van der Waals surface area contributed by atoms with Gasteiger partial charge in [-0.2, -0.15) is 0 Å². The molecule has 0 saturated carbocycles. The van der Waals surface area contributed by atoms with E-state index >= 15 is 0 Å². The molecule has 1 unspecified atom stereocenters. The van der Waals surface area contributed by atoms with E-state index in [1.807, 2.05) is 6.08 Å². The Labute approximate surface area is 57.3 Å². The fraction of sp³-hybridized carbons (Fsp3) is 0.556. The molecule has 0 N–H and O–H groups in total. The number of allylic oxidation sites excluding steroid dienone is 3. The van der Waals surface area contributed by atoms with E-state index in [4.69, 9.17) is 0 Å². The molecule has 0 aromatic carbocycles. The van der Waals surface area contributed by atoms with Crippen molar-refractivity contribution in [1.82, 2.24) is 0 Å². The molecule has 0 saturated heterocycles. The van der Waals surface area contributed by atoms with Crippen LogP contribution in [0.4, 0.5) is 0 Å². The zero-order valence-corrected chi connectivity index (χ0v) is 6.06. The van der Waals surface area contributed by atoms with Gasteiger partial charge in [0.2, 0.25) is 0 Å². The van der Waals surface area contributed by atoms with Crippen LogP contribution in [0.15, 0.2) is 24.8 Å². The standard InChI is InChI=1S/C9H14/c1-3-9(2)7-5-4-6-8-9/h3,5,7H,1,4,6,8H2,2H3. The number of rotatable bonds is 1. The molecule has 1 aliphatic carbocycles. The monoisotopic (exact) mass is 122 g/mol. The van der Waals surface area contributed by atoms with E-state index in [2.05, 4.69) is 25.7 Å². The Morgan fingerprint density at radius 2 is 2.44 bits per heavy atom. The van der Waals surface area contributed by atoms with Crippen molar-refractivity contribution in [1.29, 1.82) is 0 Å². The Morgan fingerprint density at radius 3 is 2.78 bits per heavy atom. The first-order valence-electron chi connectivity index (χ1n) is 3.58. The van der Waals surface area contributed by atoms with E-state index in [0.29, 0.717) is 5.41 Å². The summed E-state index contributed by atoms with van der Waals surface area (Å²) in [6.07, 6.45) is 10.4. The average Bonchev–Trinajstić information content (AvgIpc) is 1.90. The highest BCUT2D eigenvalue weighted by molar-refractivity contribution is 5.09. The largest absolute Gasteiger partial charge is 0.102 e. The highest BCUT2D eigenvalue weighted by Gasteiger charge is 2.17. The topological polar surface area (TPSA) is 0 Å². The van der Waals surface area contributed by atoms with Crippen molar-refractivity contribution in [3.8, 4) is 0 Å². The van der Waals surface area contributed by atoms with Gasteiger partial charge in [-0.3, -0.25) is 0 Å². The van der Waals surface area contributed by atoms with Crippen LogP contribution < -0.4 is 0 Å². The molecular weight excluding hydrogens is 108 g/mol. The van der Waals surface area contributed by atoms with Crippen LogP contribution in [-0.2, 0) is 0 Å². The first kappa shape index (κ1) is 6.60. The van der Waals surface area contributed by atoms with Crippen LogP contribution in [-0.4, -0.2) is 0 Å². The Morgan fingerprint density at radius 1 is 1.67 bits per heavy atom. The minimum Gasteiger partial charge on any atom is -0.102 e. The zero-order chi connectivity index (χ0) is 6.74. The van der Waals surface area contributed by atoms with Crippen molar-refractivity contribution in [3.63, 3.8) is 0 Å². The fourth-order valence-electron chi connectivity index (χ4n) is 1.21. The van der Waals surface area contributed by atoms with Gasteiger partial charge < -0.3 is 0 Å². The molecule has 0 bridgehead atoms. The van der Waals surface area contributed by atoms with Crippen LogP contribution in [0.2, 0.25) is 0 Å². The zero-order valence-electron chi connectivity index (χ0n) is 6.06. The van der Waals surface area contributed by atoms with Crippen molar-refractivity contribution < 1.29 is 0 Å². The average molecular weight is 122 g/mol. The van der Waals surface area contributed by atoms with Gasteiger partial charge in [-0.25, -0.2) is 0 Å². The Balaban J connectivity index is 2.67. The maximum absolute atomic E-state index is 3.80. The van der Waals surface area contributed by atoms with E-state index < -0.39 is 0 Å². The summed E-state index contributed by atoms with van der Waals surface area (Å²) in [7, 11) is 0. The summed E-state index contributed by atoms with van der Waals surface area (Å²) in [5.74, 6) is 0. The van der Waals surface area contributed by atoms with Crippen LogP contribution in [0.25, 0.3) is 0 Å². The molecular formula is C9H14. The third kappa shape index (κ3) is 1.44. The van der Waals surface area contributed by atoms with Gasteiger partial charge in [0, 0.05) is 5.41 Å². The third-order valence-electron chi connectivity index (χ3n) is 2.05. The summed E-state index contributed by atoms with van der Waals surface area (Å²) >= 11 is 0. The molecule has 0 aromatic heterocycles. The van der Waals surface area contributed by atoms with Gasteiger partial charge in [0.15, 0.2) is 0 Å². The second-order valence-corrected chi connectivity index (χ2v) is 3.00.